The van der Waals surface area contributed by atoms with Crippen LogP contribution in [0.15, 0.2) is 36.8 Å². The quantitative estimate of drug-likeness (QED) is 0.760. The van der Waals surface area contributed by atoms with Crippen molar-refractivity contribution in [2.24, 2.45) is 7.05 Å². The zero-order valence-electron chi connectivity index (χ0n) is 16.6. The number of halogens is 1. The molecule has 8 heteroatoms. The fourth-order valence-corrected chi connectivity index (χ4v) is 5.20. The van der Waals surface area contributed by atoms with E-state index in [1.54, 1.807) is 12.1 Å². The van der Waals surface area contributed by atoms with E-state index < -0.39 is 0 Å². The normalized spacial score (nSPS) is 24.3. The SMILES string of the molecule is Cn1cncc1CN1CC2(C1)CN(C(=O)c1ccc(Cl)cc1)C[C@@H]1COCCN12. The largest absolute Gasteiger partial charge is 0.378 e. The van der Waals surface area contributed by atoms with E-state index in [9.17, 15) is 4.79 Å². The molecule has 3 aliphatic rings. The Hall–Kier alpha value is -1.93. The van der Waals surface area contributed by atoms with Gasteiger partial charge < -0.3 is 14.2 Å². The van der Waals surface area contributed by atoms with Crippen LogP contribution in [-0.4, -0.2) is 87.7 Å². The van der Waals surface area contributed by atoms with Crippen LogP contribution < -0.4 is 0 Å². The molecule has 0 aliphatic carbocycles. The van der Waals surface area contributed by atoms with Crippen molar-refractivity contribution < 1.29 is 9.53 Å². The van der Waals surface area contributed by atoms with E-state index in [-0.39, 0.29) is 17.5 Å². The monoisotopic (exact) mass is 415 g/mol. The fraction of sp³-hybridized carbons (Fsp3) is 0.524. The first-order chi connectivity index (χ1) is 14.0. The van der Waals surface area contributed by atoms with Crippen LogP contribution in [0.4, 0.5) is 0 Å². The van der Waals surface area contributed by atoms with Crippen molar-refractivity contribution in [3.63, 3.8) is 0 Å². The van der Waals surface area contributed by atoms with Gasteiger partial charge in [0.15, 0.2) is 0 Å². The van der Waals surface area contributed by atoms with Crippen LogP contribution in [0.1, 0.15) is 16.1 Å². The Morgan fingerprint density at radius 1 is 1.28 bits per heavy atom. The molecule has 0 saturated carbocycles. The fourth-order valence-electron chi connectivity index (χ4n) is 5.07. The van der Waals surface area contributed by atoms with Gasteiger partial charge in [0.1, 0.15) is 0 Å². The molecule has 7 nitrogen and oxygen atoms in total. The maximum absolute atomic E-state index is 13.2. The van der Waals surface area contributed by atoms with Crippen LogP contribution in [0.25, 0.3) is 0 Å². The Bertz CT molecular complexity index is 893. The third kappa shape index (κ3) is 3.46. The van der Waals surface area contributed by atoms with E-state index in [0.29, 0.717) is 23.7 Å². The van der Waals surface area contributed by atoms with Crippen molar-refractivity contribution in [1.29, 1.82) is 0 Å². The highest BCUT2D eigenvalue weighted by atomic mass is 35.5. The predicted octanol–water partition coefficient (Wildman–Crippen LogP) is 1.48. The Kier molecular flexibility index (Phi) is 4.86. The number of carbonyl (C=O) groups is 1. The van der Waals surface area contributed by atoms with Crippen LogP contribution in [0, 0.1) is 0 Å². The molecule has 0 bridgehead atoms. The highest BCUT2D eigenvalue weighted by molar-refractivity contribution is 6.30. The van der Waals surface area contributed by atoms with Gasteiger partial charge in [-0.05, 0) is 24.3 Å². The number of fused-ring (bicyclic) bond motifs is 2. The predicted molar refractivity (Wildman–Crippen MR) is 110 cm³/mol. The molecular formula is C21H26ClN5O2. The number of imidazole rings is 1. The summed E-state index contributed by atoms with van der Waals surface area (Å²) in [6.07, 6.45) is 3.77. The molecule has 0 unspecified atom stereocenters. The molecule has 1 atom stereocenters. The number of amides is 1. The van der Waals surface area contributed by atoms with Gasteiger partial charge in [-0.15, -0.1) is 0 Å². The Balaban J connectivity index is 1.34. The van der Waals surface area contributed by atoms with E-state index in [2.05, 4.69) is 19.4 Å². The summed E-state index contributed by atoms with van der Waals surface area (Å²) in [7, 11) is 2.03. The lowest BCUT2D eigenvalue weighted by atomic mass is 9.82. The van der Waals surface area contributed by atoms with Gasteiger partial charge >= 0.3 is 0 Å². The van der Waals surface area contributed by atoms with Gasteiger partial charge in [0.25, 0.3) is 5.91 Å². The van der Waals surface area contributed by atoms with Gasteiger partial charge in [-0.1, -0.05) is 11.6 Å². The number of morpholine rings is 1. The number of likely N-dealkylation sites (tertiary alicyclic amines) is 1. The molecular weight excluding hydrogens is 390 g/mol. The number of aromatic nitrogens is 2. The molecule has 3 saturated heterocycles. The minimum Gasteiger partial charge on any atom is -0.378 e. The Morgan fingerprint density at radius 3 is 2.79 bits per heavy atom. The zero-order valence-corrected chi connectivity index (χ0v) is 17.4. The number of benzene rings is 1. The molecule has 1 spiro atoms. The van der Waals surface area contributed by atoms with Gasteiger partial charge in [-0.2, -0.15) is 0 Å². The summed E-state index contributed by atoms with van der Waals surface area (Å²) in [5.74, 6) is 0.0800. The van der Waals surface area contributed by atoms with Crippen LogP contribution in [0.2, 0.25) is 5.02 Å². The number of ether oxygens (including phenoxy) is 1. The summed E-state index contributed by atoms with van der Waals surface area (Å²) < 4.78 is 7.83. The first kappa shape index (κ1) is 19.1. The van der Waals surface area contributed by atoms with Gasteiger partial charge in [-0.25, -0.2) is 4.98 Å². The molecule has 4 heterocycles. The lowest BCUT2D eigenvalue weighted by Gasteiger charge is -2.63. The molecule has 3 fully saturated rings. The molecule has 2 aromatic rings. The molecule has 154 valence electrons. The molecule has 0 N–H and O–H groups in total. The molecule has 0 radical (unpaired) electrons. The summed E-state index contributed by atoms with van der Waals surface area (Å²) in [4.78, 5) is 24.5. The van der Waals surface area contributed by atoms with Gasteiger partial charge in [0.05, 0.1) is 36.8 Å². The van der Waals surface area contributed by atoms with Crippen molar-refractivity contribution in [3.8, 4) is 0 Å². The molecule has 1 aromatic carbocycles. The number of piperazine rings is 1. The van der Waals surface area contributed by atoms with E-state index in [1.807, 2.05) is 36.6 Å². The Morgan fingerprint density at radius 2 is 2.07 bits per heavy atom. The number of hydrogen-bond acceptors (Lipinski definition) is 5. The van der Waals surface area contributed by atoms with Gasteiger partial charge in [0, 0.05) is 63.1 Å². The highest BCUT2D eigenvalue weighted by Crippen LogP contribution is 2.36. The van der Waals surface area contributed by atoms with Crippen molar-refractivity contribution in [2.75, 3.05) is 45.9 Å². The first-order valence-corrected chi connectivity index (χ1v) is 10.5. The number of nitrogens with zero attached hydrogens (tertiary/aromatic N) is 5. The third-order valence-corrected chi connectivity index (χ3v) is 6.72. The second kappa shape index (κ2) is 7.40. The average Bonchev–Trinajstić information content (AvgIpc) is 3.11. The number of hydrogen-bond donors (Lipinski definition) is 0. The summed E-state index contributed by atoms with van der Waals surface area (Å²) in [6, 6.07) is 7.45. The van der Waals surface area contributed by atoms with Gasteiger partial charge in [0.2, 0.25) is 0 Å². The smallest absolute Gasteiger partial charge is 0.253 e. The second-order valence-electron chi connectivity index (χ2n) is 8.48. The number of carbonyl (C=O) groups excluding carboxylic acids is 1. The number of aryl methyl sites for hydroxylation is 1. The van der Waals surface area contributed by atoms with Crippen LogP contribution in [0.5, 0.6) is 0 Å². The summed E-state index contributed by atoms with van der Waals surface area (Å²) >= 11 is 6.00. The Labute approximate surface area is 175 Å². The zero-order chi connectivity index (χ0) is 20.0. The maximum Gasteiger partial charge on any atom is 0.253 e. The van der Waals surface area contributed by atoms with E-state index >= 15 is 0 Å². The lowest BCUT2D eigenvalue weighted by Crippen LogP contribution is -2.80. The standard InChI is InChI=1S/C21H26ClN5O2/c1-24-15-23-8-18(24)9-25-12-21(13-25)14-26(10-19-11-29-7-6-27(19)21)20(28)16-2-4-17(22)5-3-16/h2-5,8,15,19H,6-7,9-14H2,1H3/t19-/m1/s1. The minimum absolute atomic E-state index is 0.00732. The van der Waals surface area contributed by atoms with Crippen molar-refractivity contribution in [1.82, 2.24) is 24.3 Å². The number of rotatable bonds is 3. The summed E-state index contributed by atoms with van der Waals surface area (Å²) in [5, 5.41) is 0.647. The molecule has 29 heavy (non-hydrogen) atoms. The molecule has 5 rings (SSSR count). The van der Waals surface area contributed by atoms with Crippen LogP contribution >= 0.6 is 11.6 Å². The summed E-state index contributed by atoms with van der Waals surface area (Å²) in [5.41, 5.74) is 1.91. The van der Waals surface area contributed by atoms with Crippen molar-refractivity contribution >= 4 is 17.5 Å². The maximum atomic E-state index is 13.2. The second-order valence-corrected chi connectivity index (χ2v) is 8.92. The average molecular weight is 416 g/mol. The van der Waals surface area contributed by atoms with Crippen LogP contribution in [0.3, 0.4) is 0 Å². The van der Waals surface area contributed by atoms with Crippen molar-refractivity contribution in [3.05, 3.63) is 53.1 Å². The topological polar surface area (TPSA) is 53.8 Å². The van der Waals surface area contributed by atoms with E-state index in [0.717, 1.165) is 39.3 Å². The molecule has 3 aliphatic heterocycles. The van der Waals surface area contributed by atoms with Crippen LogP contribution in [-0.2, 0) is 18.3 Å². The summed E-state index contributed by atoms with van der Waals surface area (Å²) in [6.45, 7) is 6.67. The van der Waals surface area contributed by atoms with E-state index in [1.165, 1.54) is 5.69 Å². The first-order valence-electron chi connectivity index (χ1n) is 10.1. The van der Waals surface area contributed by atoms with Gasteiger partial charge in [-0.3, -0.25) is 14.6 Å². The lowest BCUT2D eigenvalue weighted by molar-refractivity contribution is -0.160. The van der Waals surface area contributed by atoms with Crippen molar-refractivity contribution in [2.45, 2.75) is 18.1 Å². The minimum atomic E-state index is 0.00732. The highest BCUT2D eigenvalue weighted by Gasteiger charge is 2.54. The third-order valence-electron chi connectivity index (χ3n) is 6.47. The molecule has 1 aromatic heterocycles. The molecule has 1 amide bonds. The van der Waals surface area contributed by atoms with E-state index in [4.69, 9.17) is 16.3 Å².